The van der Waals surface area contributed by atoms with Crippen LogP contribution < -0.4 is 0 Å². The van der Waals surface area contributed by atoms with Gasteiger partial charge in [0.2, 0.25) is 17.2 Å². The highest BCUT2D eigenvalue weighted by atomic mass is 32.1. The van der Waals surface area contributed by atoms with Gasteiger partial charge in [-0.25, -0.2) is 4.99 Å². The number of fused-ring (bicyclic) bond motifs is 8. The number of nitrogens with zero attached hydrogens (tertiary/aromatic N) is 3. The Kier molecular flexibility index (Phi) is 9.37. The Bertz CT molecular complexity index is 2720. The quantitative estimate of drug-likeness (QED) is 0.0855. The molecule has 1 unspecified atom stereocenters. The summed E-state index contributed by atoms with van der Waals surface area (Å²) in [5.41, 5.74) is 6.47. The zero-order chi connectivity index (χ0) is 38.6. The van der Waals surface area contributed by atoms with Crippen LogP contribution in [0.2, 0.25) is 0 Å². The number of aryl methyl sites for hydroxylation is 2. The Morgan fingerprint density at radius 2 is 1.39 bits per heavy atom. The number of thiophene rings is 1. The molecule has 0 radical (unpaired) electrons. The van der Waals surface area contributed by atoms with Crippen molar-refractivity contribution in [3.63, 3.8) is 0 Å². The van der Waals surface area contributed by atoms with Gasteiger partial charge in [-0.1, -0.05) is 100 Å². The topological polar surface area (TPSA) is 122 Å². The molecule has 2 aromatic heterocycles. The summed E-state index contributed by atoms with van der Waals surface area (Å²) >= 11 is 1.79. The second-order valence-electron chi connectivity index (χ2n) is 13.0. The molecule has 1 atom stereocenters. The van der Waals surface area contributed by atoms with E-state index in [-0.39, 0.29) is 11.3 Å². The summed E-state index contributed by atoms with van der Waals surface area (Å²) in [5.74, 6) is -4.61. The van der Waals surface area contributed by atoms with Crippen LogP contribution in [-0.4, -0.2) is 47.8 Å². The molecule has 0 fully saturated rings. The number of aromatic nitrogens is 1. The Hall–Kier alpha value is -6.19. The van der Waals surface area contributed by atoms with Gasteiger partial charge in [-0.15, -0.1) is 11.3 Å². The third-order valence-corrected chi connectivity index (χ3v) is 11.5. The molecule has 0 saturated carbocycles. The molecule has 0 saturated heterocycles. The van der Waals surface area contributed by atoms with Gasteiger partial charge in [0.1, 0.15) is 0 Å². The molecule has 7 aromatic rings. The third kappa shape index (κ3) is 5.14. The minimum Gasteiger partial charge on any atom is -0.504 e. The van der Waals surface area contributed by atoms with Crippen molar-refractivity contribution in [3.05, 3.63) is 126 Å². The second kappa shape index (κ2) is 14.0. The van der Waals surface area contributed by atoms with Gasteiger partial charge in [-0.3, -0.25) is 0 Å². The van der Waals surface area contributed by atoms with Crippen molar-refractivity contribution >= 4 is 59.7 Å². The molecular weight excluding hydrogens is 695 g/mol. The van der Waals surface area contributed by atoms with Gasteiger partial charge in [0, 0.05) is 38.2 Å². The number of para-hydroxylation sites is 1. The van der Waals surface area contributed by atoms with Gasteiger partial charge in [-0.05, 0) is 60.6 Å². The van der Waals surface area contributed by atoms with E-state index < -0.39 is 34.9 Å². The molecule has 5 N–H and O–H groups in total. The molecule has 8 rings (SSSR count). The zero-order valence-electron chi connectivity index (χ0n) is 31.1. The first-order valence-corrected chi connectivity index (χ1v) is 18.9. The molecule has 54 heavy (non-hydrogen) atoms. The van der Waals surface area contributed by atoms with Crippen molar-refractivity contribution in [2.75, 3.05) is 7.05 Å². The minimum absolute atomic E-state index is 0.124. The van der Waals surface area contributed by atoms with Crippen LogP contribution in [0, 0.1) is 6.92 Å². The van der Waals surface area contributed by atoms with Gasteiger partial charge >= 0.3 is 0 Å². The molecule has 8 nitrogen and oxygen atoms in total. The van der Waals surface area contributed by atoms with E-state index in [1.54, 1.807) is 17.4 Å². The van der Waals surface area contributed by atoms with Crippen LogP contribution >= 0.6 is 11.3 Å². The Labute approximate surface area is 317 Å². The number of aromatic hydroxyl groups is 5. The summed E-state index contributed by atoms with van der Waals surface area (Å²) in [4.78, 5) is 8.19. The maximum Gasteiger partial charge on any atom is 0.208 e. The van der Waals surface area contributed by atoms with Crippen LogP contribution in [0.3, 0.4) is 0 Å². The largest absolute Gasteiger partial charge is 0.504 e. The number of allylic oxidation sites excluding steroid dienone is 3. The van der Waals surface area contributed by atoms with Crippen LogP contribution in [0.4, 0.5) is 0 Å². The summed E-state index contributed by atoms with van der Waals surface area (Å²) in [5, 5.41) is 59.9. The smallest absolute Gasteiger partial charge is 0.208 e. The summed E-state index contributed by atoms with van der Waals surface area (Å²) in [6.45, 7) is 14.3. The normalized spacial score (nSPS) is 14.7. The van der Waals surface area contributed by atoms with Crippen LogP contribution in [0.25, 0.3) is 53.1 Å². The van der Waals surface area contributed by atoms with Crippen molar-refractivity contribution in [2.24, 2.45) is 4.99 Å². The highest BCUT2D eigenvalue weighted by Crippen LogP contribution is 2.55. The third-order valence-electron chi connectivity index (χ3n) is 10.2. The van der Waals surface area contributed by atoms with E-state index in [4.69, 9.17) is 4.99 Å². The number of phenolic OH excluding ortho intramolecular Hbond substituents is 5. The predicted octanol–water partition coefficient (Wildman–Crippen LogP) is 11.2. The van der Waals surface area contributed by atoms with Gasteiger partial charge < -0.3 is 35.0 Å². The van der Waals surface area contributed by atoms with Gasteiger partial charge in [-0.2, -0.15) is 0 Å². The summed E-state index contributed by atoms with van der Waals surface area (Å²) in [6, 6.07) is 25.0. The maximum atomic E-state index is 11.4. The fraction of sp³-hybridized carbons (Fsp3) is 0.178. The van der Waals surface area contributed by atoms with Crippen molar-refractivity contribution in [2.45, 2.75) is 47.2 Å². The number of hydrogen-bond acceptors (Lipinski definition) is 8. The van der Waals surface area contributed by atoms with E-state index in [2.05, 4.69) is 73.5 Å². The van der Waals surface area contributed by atoms with E-state index in [0.717, 1.165) is 49.4 Å². The standard InChI is InChI=1S/C43H37N3O5S.C2H6/c1-6-15-30-28(8-3)44-34(33-36(47)38(49)40(51)39(50)37(33)48)43(45(30)5)46-29-21-14-13-20-27(29)32-35(46)26-19-12-11-18-25(26)31-23(7-2)41(52-42(31)32)24-17-10-9-16-22(24)4;1-2/h6,8-21,43,47-51H,3,7H2,1-2,4-5H3;1-2H3/b15-6-;. The number of rotatable bonds is 6. The monoisotopic (exact) mass is 737 g/mol. The van der Waals surface area contributed by atoms with Crippen molar-refractivity contribution in [1.82, 2.24) is 9.47 Å². The molecular formula is C45H43N3O5S. The second-order valence-corrected chi connectivity index (χ2v) is 14.0. The Morgan fingerprint density at radius 1 is 0.796 bits per heavy atom. The fourth-order valence-electron chi connectivity index (χ4n) is 7.89. The fourth-order valence-corrected chi connectivity index (χ4v) is 9.45. The molecule has 9 heteroatoms. The predicted molar refractivity (Wildman–Crippen MR) is 223 cm³/mol. The Balaban J connectivity index is 0.00000221. The lowest BCUT2D eigenvalue weighted by Crippen LogP contribution is -2.38. The molecule has 3 heterocycles. The summed E-state index contributed by atoms with van der Waals surface area (Å²) in [7, 11) is 1.89. The Morgan fingerprint density at radius 3 is 2.02 bits per heavy atom. The SMILES string of the molecule is C=CC1=C(/C=C\C)N(C)C(n2c3ccccc3c3c4sc(-c5ccccc5C)c(CC)c4c4ccccc4c32)C(c2c(O)c(O)c(O)c(O)c2O)=N1.CC. The number of likely N-dealkylation sites (N-methyl/N-ethyl adjacent to an activating group) is 1. The molecule has 0 amide bonds. The van der Waals surface area contributed by atoms with Crippen molar-refractivity contribution in [1.29, 1.82) is 0 Å². The van der Waals surface area contributed by atoms with Crippen molar-refractivity contribution in [3.8, 4) is 39.2 Å². The average molecular weight is 738 g/mol. The van der Waals surface area contributed by atoms with Crippen LogP contribution in [0.15, 0.2) is 114 Å². The lowest BCUT2D eigenvalue weighted by atomic mass is 9.95. The van der Waals surface area contributed by atoms with Gasteiger partial charge in [0.15, 0.2) is 17.7 Å². The van der Waals surface area contributed by atoms with Crippen LogP contribution in [-0.2, 0) is 6.42 Å². The summed E-state index contributed by atoms with van der Waals surface area (Å²) in [6.07, 6.45) is 5.39. The van der Waals surface area contributed by atoms with Crippen LogP contribution in [0.1, 0.15) is 50.6 Å². The molecule has 274 valence electrons. The van der Waals surface area contributed by atoms with Crippen molar-refractivity contribution < 1.29 is 25.5 Å². The van der Waals surface area contributed by atoms with Gasteiger partial charge in [0.05, 0.1) is 33.7 Å². The van der Waals surface area contributed by atoms with Crippen LogP contribution in [0.5, 0.6) is 28.7 Å². The molecule has 0 bridgehead atoms. The first kappa shape index (κ1) is 36.2. The highest BCUT2D eigenvalue weighted by molar-refractivity contribution is 7.23. The molecule has 5 aromatic carbocycles. The highest BCUT2D eigenvalue weighted by Gasteiger charge is 2.38. The lowest BCUT2D eigenvalue weighted by molar-refractivity contribution is 0.306. The van der Waals surface area contributed by atoms with Gasteiger partial charge in [0.25, 0.3) is 0 Å². The maximum absolute atomic E-state index is 11.4. The zero-order valence-corrected chi connectivity index (χ0v) is 32.0. The number of aliphatic imine (C=N–C) groups is 1. The number of benzene rings is 5. The van der Waals surface area contributed by atoms with E-state index >= 15 is 0 Å². The summed E-state index contributed by atoms with van der Waals surface area (Å²) < 4.78 is 3.31. The first-order valence-electron chi connectivity index (χ1n) is 18.1. The first-order chi connectivity index (χ1) is 26.1. The molecule has 1 aliphatic heterocycles. The van der Waals surface area contributed by atoms with E-state index in [1.165, 1.54) is 27.0 Å². The molecule has 0 aliphatic carbocycles. The lowest BCUT2D eigenvalue weighted by Gasteiger charge is -2.38. The van der Waals surface area contributed by atoms with E-state index in [1.807, 2.05) is 69.1 Å². The molecule has 0 spiro atoms. The minimum atomic E-state index is -1.03. The molecule has 1 aliphatic rings. The van der Waals surface area contributed by atoms with E-state index in [0.29, 0.717) is 5.70 Å². The average Bonchev–Trinajstić information content (AvgIpc) is 3.75. The van der Waals surface area contributed by atoms with E-state index in [9.17, 15) is 25.5 Å². The number of phenols is 5. The number of hydrogen-bond donors (Lipinski definition) is 5.